The topological polar surface area (TPSA) is 0 Å². The molecule has 12 radical (unpaired) electrons. The Labute approximate surface area is 106 Å². The van der Waals surface area contributed by atoms with Crippen molar-refractivity contribution in [2.45, 2.75) is 25.6 Å². The molecule has 0 nitrogen and oxygen atoms in total. The van der Waals surface area contributed by atoms with Gasteiger partial charge in [0.1, 0.15) is 39.2 Å². The average Bonchev–Trinajstić information content (AvgIpc) is 2.23. The lowest BCUT2D eigenvalue weighted by Gasteiger charge is -2.33. The van der Waals surface area contributed by atoms with Gasteiger partial charge in [0.2, 0.25) is 0 Å². The Balaban J connectivity index is 3.65. The molecular formula is C10H8B6. The van der Waals surface area contributed by atoms with Crippen LogP contribution in [0.5, 0.6) is 0 Å². The maximum absolute atomic E-state index is 6.11. The number of benzene rings is 1. The molecular weight excluding hydrogens is 185 g/mol. The quantitative estimate of drug-likeness (QED) is 0.426. The standard InChI is InChI=1S/C10H8B6/c1-3-10(2,16)4-5(11)7(13)9(15)8(14)6(4)12/h3H2,1-2H3. The Hall–Kier alpha value is -0.390. The molecule has 1 rings (SSSR count). The molecule has 0 aliphatic rings. The van der Waals surface area contributed by atoms with Crippen LogP contribution in [-0.4, -0.2) is 47.1 Å². The van der Waals surface area contributed by atoms with Crippen LogP contribution in [0, 0.1) is 0 Å². The monoisotopic (exact) mass is 194 g/mol. The van der Waals surface area contributed by atoms with E-state index in [-0.39, 0.29) is 16.4 Å². The Morgan fingerprint density at radius 1 is 0.812 bits per heavy atom. The zero-order valence-corrected chi connectivity index (χ0v) is 9.67. The molecule has 0 spiro atoms. The van der Waals surface area contributed by atoms with Crippen LogP contribution in [0.1, 0.15) is 25.8 Å². The molecule has 16 heavy (non-hydrogen) atoms. The van der Waals surface area contributed by atoms with Crippen molar-refractivity contribution in [3.63, 3.8) is 0 Å². The van der Waals surface area contributed by atoms with E-state index in [1.165, 1.54) is 0 Å². The van der Waals surface area contributed by atoms with Gasteiger partial charge in [-0.2, -0.15) is 0 Å². The lowest BCUT2D eigenvalue weighted by molar-refractivity contribution is 0.657. The zero-order valence-electron chi connectivity index (χ0n) is 9.67. The summed E-state index contributed by atoms with van der Waals surface area (Å²) in [7, 11) is 35.1. The predicted molar refractivity (Wildman–Crippen MR) is 76.8 cm³/mol. The van der Waals surface area contributed by atoms with E-state index >= 15 is 0 Å². The summed E-state index contributed by atoms with van der Waals surface area (Å²) in [6, 6.07) is 0. The summed E-state index contributed by atoms with van der Waals surface area (Å²) in [4.78, 5) is 0. The first kappa shape index (κ1) is 13.7. The number of hydrogen-bond donors (Lipinski definition) is 0. The van der Waals surface area contributed by atoms with Crippen LogP contribution < -0.4 is 27.3 Å². The SMILES string of the molecule is [B]c1c([B])c([B])c(C([B])(C)CC)c([B])c1[B]. The average molecular weight is 193 g/mol. The summed E-state index contributed by atoms with van der Waals surface area (Å²) in [5.74, 6) is 0. The lowest BCUT2D eigenvalue weighted by atomic mass is 9.52. The first-order chi connectivity index (χ1) is 7.24. The van der Waals surface area contributed by atoms with E-state index in [2.05, 4.69) is 0 Å². The molecule has 6 heteroatoms. The molecule has 0 aromatic heterocycles. The van der Waals surface area contributed by atoms with Crippen molar-refractivity contribution >= 4 is 74.4 Å². The Morgan fingerprint density at radius 2 is 1.12 bits per heavy atom. The highest BCUT2D eigenvalue weighted by molar-refractivity contribution is 6.67. The third-order valence-electron chi connectivity index (χ3n) is 3.00. The lowest BCUT2D eigenvalue weighted by Crippen LogP contribution is -2.58. The van der Waals surface area contributed by atoms with Gasteiger partial charge in [0.05, 0.1) is 7.85 Å². The summed E-state index contributed by atoms with van der Waals surface area (Å²) >= 11 is 0. The van der Waals surface area contributed by atoms with Crippen LogP contribution in [0.2, 0.25) is 0 Å². The first-order valence-corrected chi connectivity index (χ1v) is 5.04. The van der Waals surface area contributed by atoms with Crippen LogP contribution in [0.4, 0.5) is 0 Å². The van der Waals surface area contributed by atoms with E-state index in [4.69, 9.17) is 47.1 Å². The molecule has 0 fully saturated rings. The summed E-state index contributed by atoms with van der Waals surface area (Å²) in [6.07, 6.45) is 0.657. The van der Waals surface area contributed by atoms with Crippen molar-refractivity contribution in [2.24, 2.45) is 0 Å². The molecule has 0 aliphatic heterocycles. The normalized spacial score (nSPS) is 14.6. The van der Waals surface area contributed by atoms with E-state index in [1.54, 1.807) is 0 Å². The summed E-state index contributed by atoms with van der Waals surface area (Å²) in [6.45, 7) is 3.76. The minimum atomic E-state index is -0.676. The predicted octanol–water partition coefficient (Wildman–Crippen LogP) is -3.55. The van der Waals surface area contributed by atoms with Gasteiger partial charge >= 0.3 is 0 Å². The fourth-order valence-electron chi connectivity index (χ4n) is 1.64. The second-order valence-electron chi connectivity index (χ2n) is 4.21. The van der Waals surface area contributed by atoms with Crippen LogP contribution in [-0.2, 0) is 5.31 Å². The minimum absolute atomic E-state index is 0.214. The maximum atomic E-state index is 6.11. The fourth-order valence-corrected chi connectivity index (χ4v) is 1.64. The molecule has 0 bridgehead atoms. The van der Waals surface area contributed by atoms with Crippen LogP contribution in [0.3, 0.4) is 0 Å². The third kappa shape index (κ3) is 2.03. The number of hydrogen-bond acceptors (Lipinski definition) is 0. The largest absolute Gasteiger partial charge is 0.113 e. The van der Waals surface area contributed by atoms with Gasteiger partial charge in [-0.3, -0.25) is 0 Å². The van der Waals surface area contributed by atoms with Crippen molar-refractivity contribution in [3.05, 3.63) is 5.56 Å². The van der Waals surface area contributed by atoms with Gasteiger partial charge in [-0.25, -0.2) is 0 Å². The molecule has 0 amide bonds. The number of rotatable bonds is 2. The molecule has 0 saturated carbocycles. The van der Waals surface area contributed by atoms with E-state index in [0.29, 0.717) is 22.9 Å². The van der Waals surface area contributed by atoms with Crippen molar-refractivity contribution in [1.82, 2.24) is 0 Å². The maximum Gasteiger partial charge on any atom is 0.113 e. The van der Waals surface area contributed by atoms with Gasteiger partial charge in [0.25, 0.3) is 0 Å². The van der Waals surface area contributed by atoms with Crippen LogP contribution in [0.25, 0.3) is 0 Å². The van der Waals surface area contributed by atoms with Crippen molar-refractivity contribution in [1.29, 1.82) is 0 Å². The van der Waals surface area contributed by atoms with Crippen LogP contribution in [0.15, 0.2) is 0 Å². The fraction of sp³-hybridized carbons (Fsp3) is 0.400. The Bertz CT molecular complexity index is 395. The second-order valence-corrected chi connectivity index (χ2v) is 4.21. The smallest absolute Gasteiger partial charge is 0.112 e. The highest BCUT2D eigenvalue weighted by Gasteiger charge is 2.23. The minimum Gasteiger partial charge on any atom is -0.112 e. The molecule has 66 valence electrons. The highest BCUT2D eigenvalue weighted by Crippen LogP contribution is 2.18. The van der Waals surface area contributed by atoms with Gasteiger partial charge in [0, 0.05) is 0 Å². The van der Waals surface area contributed by atoms with Crippen molar-refractivity contribution in [2.75, 3.05) is 0 Å². The summed E-state index contributed by atoms with van der Waals surface area (Å²) in [5, 5.41) is -0.676. The summed E-state index contributed by atoms with van der Waals surface area (Å²) < 4.78 is 0. The van der Waals surface area contributed by atoms with E-state index in [9.17, 15) is 0 Å². The first-order valence-electron chi connectivity index (χ1n) is 5.04. The molecule has 0 N–H and O–H groups in total. The van der Waals surface area contributed by atoms with E-state index in [0.717, 1.165) is 0 Å². The Kier molecular flexibility index (Phi) is 3.82. The third-order valence-corrected chi connectivity index (χ3v) is 3.00. The van der Waals surface area contributed by atoms with Crippen molar-refractivity contribution in [3.8, 4) is 0 Å². The molecule has 1 atom stereocenters. The molecule has 0 aliphatic carbocycles. The van der Waals surface area contributed by atoms with E-state index in [1.807, 2.05) is 13.8 Å². The highest BCUT2D eigenvalue weighted by atomic mass is 14.2. The van der Waals surface area contributed by atoms with Gasteiger partial charge in [-0.15, -0.1) is 27.3 Å². The summed E-state index contributed by atoms with van der Waals surface area (Å²) in [5.41, 5.74) is 1.90. The van der Waals surface area contributed by atoms with Crippen molar-refractivity contribution < 1.29 is 0 Å². The molecule has 0 saturated heterocycles. The molecule has 1 unspecified atom stereocenters. The zero-order chi connectivity index (χ0) is 12.7. The van der Waals surface area contributed by atoms with Gasteiger partial charge < -0.3 is 0 Å². The second kappa shape index (κ2) is 4.47. The molecule has 0 heterocycles. The molecule has 1 aromatic rings. The van der Waals surface area contributed by atoms with Gasteiger partial charge in [0.15, 0.2) is 0 Å². The van der Waals surface area contributed by atoms with Gasteiger partial charge in [-0.1, -0.05) is 25.8 Å². The van der Waals surface area contributed by atoms with Gasteiger partial charge in [-0.05, 0) is 5.31 Å². The molecule has 1 aromatic carbocycles. The van der Waals surface area contributed by atoms with Crippen LogP contribution >= 0.6 is 0 Å². The van der Waals surface area contributed by atoms with E-state index < -0.39 is 5.31 Å². The Morgan fingerprint density at radius 3 is 1.44 bits per heavy atom.